The zero-order valence-corrected chi connectivity index (χ0v) is 9.85. The third-order valence-electron chi connectivity index (χ3n) is 2.38. The molecule has 0 aliphatic heterocycles. The number of aromatic nitrogens is 3. The number of carbonyl (C=O) groups excluding carboxylic acids is 1. The van der Waals surface area contributed by atoms with Gasteiger partial charge in [0, 0.05) is 5.56 Å². The largest absolute Gasteiger partial charge is 0.464 e. The lowest BCUT2D eigenvalue weighted by molar-refractivity contribution is -0.153. The van der Waals surface area contributed by atoms with Crippen LogP contribution in [0.15, 0.2) is 36.7 Å². The van der Waals surface area contributed by atoms with Gasteiger partial charge in [-0.3, -0.25) is 0 Å². The number of aliphatic hydroxyl groups is 1. The van der Waals surface area contributed by atoms with Crippen molar-refractivity contribution in [3.8, 4) is 5.69 Å². The maximum atomic E-state index is 11.5. The molecule has 2 rings (SSSR count). The van der Waals surface area contributed by atoms with Gasteiger partial charge in [-0.2, -0.15) is 15.0 Å². The van der Waals surface area contributed by atoms with Crippen molar-refractivity contribution in [2.75, 3.05) is 6.61 Å². The van der Waals surface area contributed by atoms with E-state index in [0.717, 1.165) is 0 Å². The Kier molecular flexibility index (Phi) is 3.69. The summed E-state index contributed by atoms with van der Waals surface area (Å²) in [5.41, 5.74) is 0.954. The van der Waals surface area contributed by atoms with Crippen molar-refractivity contribution < 1.29 is 14.6 Å². The summed E-state index contributed by atoms with van der Waals surface area (Å²) in [6, 6.07) is 6.86. The van der Waals surface area contributed by atoms with Crippen LogP contribution in [-0.4, -0.2) is 32.7 Å². The molecule has 0 saturated carbocycles. The molecular weight excluding hydrogens is 234 g/mol. The summed E-state index contributed by atoms with van der Waals surface area (Å²) in [7, 11) is 0. The fourth-order valence-electron chi connectivity index (χ4n) is 1.59. The Labute approximate surface area is 104 Å². The van der Waals surface area contributed by atoms with Crippen LogP contribution in [0.5, 0.6) is 0 Å². The van der Waals surface area contributed by atoms with Gasteiger partial charge in [0.1, 0.15) is 0 Å². The monoisotopic (exact) mass is 247 g/mol. The first kappa shape index (κ1) is 12.3. The number of carbonyl (C=O) groups is 1. The van der Waals surface area contributed by atoms with E-state index >= 15 is 0 Å². The Morgan fingerprint density at radius 2 is 2.06 bits per heavy atom. The molecule has 0 bridgehead atoms. The lowest BCUT2D eigenvalue weighted by Gasteiger charge is -2.13. The van der Waals surface area contributed by atoms with Gasteiger partial charge in [-0.1, -0.05) is 18.2 Å². The van der Waals surface area contributed by atoms with Crippen molar-refractivity contribution in [1.29, 1.82) is 0 Å². The minimum absolute atomic E-state index is 0.220. The second kappa shape index (κ2) is 5.42. The van der Waals surface area contributed by atoms with Crippen molar-refractivity contribution in [1.82, 2.24) is 15.0 Å². The van der Waals surface area contributed by atoms with Crippen LogP contribution in [0.25, 0.3) is 5.69 Å². The smallest absolute Gasteiger partial charge is 0.339 e. The number of benzene rings is 1. The fourth-order valence-corrected chi connectivity index (χ4v) is 1.59. The Morgan fingerprint density at radius 3 is 2.72 bits per heavy atom. The lowest BCUT2D eigenvalue weighted by Crippen LogP contribution is -2.17. The summed E-state index contributed by atoms with van der Waals surface area (Å²) in [6.45, 7) is 1.91. The molecule has 0 fully saturated rings. The minimum atomic E-state index is -1.34. The van der Waals surface area contributed by atoms with E-state index < -0.39 is 12.1 Å². The Morgan fingerprint density at radius 1 is 1.39 bits per heavy atom. The first-order valence-electron chi connectivity index (χ1n) is 5.54. The summed E-state index contributed by atoms with van der Waals surface area (Å²) in [4.78, 5) is 12.9. The van der Waals surface area contributed by atoms with Crippen LogP contribution < -0.4 is 0 Å². The van der Waals surface area contributed by atoms with Gasteiger partial charge in [0.2, 0.25) is 0 Å². The number of esters is 1. The highest BCUT2D eigenvalue weighted by atomic mass is 16.5. The van der Waals surface area contributed by atoms with E-state index in [1.165, 1.54) is 17.2 Å². The average Bonchev–Trinajstić information content (AvgIpc) is 2.92. The van der Waals surface area contributed by atoms with E-state index in [1.54, 1.807) is 31.2 Å². The van der Waals surface area contributed by atoms with Gasteiger partial charge < -0.3 is 9.84 Å². The maximum Gasteiger partial charge on any atom is 0.339 e. The van der Waals surface area contributed by atoms with Crippen LogP contribution in [0.3, 0.4) is 0 Å². The van der Waals surface area contributed by atoms with E-state index in [1.807, 2.05) is 0 Å². The molecule has 2 aromatic rings. The molecule has 1 unspecified atom stereocenters. The van der Waals surface area contributed by atoms with Crippen molar-refractivity contribution >= 4 is 5.97 Å². The molecule has 94 valence electrons. The van der Waals surface area contributed by atoms with E-state index in [4.69, 9.17) is 4.74 Å². The Hall–Kier alpha value is -2.21. The highest BCUT2D eigenvalue weighted by Crippen LogP contribution is 2.21. The van der Waals surface area contributed by atoms with Gasteiger partial charge >= 0.3 is 5.97 Å². The second-order valence-corrected chi connectivity index (χ2v) is 3.53. The molecule has 6 heteroatoms. The standard InChI is InChI=1S/C12H13N3O3/c1-2-18-12(17)11(16)9-5-3-4-6-10(9)15-13-7-8-14-15/h3-8,11,16H,2H2,1H3. The molecule has 0 spiro atoms. The van der Waals surface area contributed by atoms with Crippen molar-refractivity contribution in [2.45, 2.75) is 13.0 Å². The fraction of sp³-hybridized carbons (Fsp3) is 0.250. The van der Waals surface area contributed by atoms with Gasteiger partial charge in [0.25, 0.3) is 0 Å². The number of hydrogen-bond acceptors (Lipinski definition) is 5. The van der Waals surface area contributed by atoms with Crippen LogP contribution >= 0.6 is 0 Å². The van der Waals surface area contributed by atoms with Crippen LogP contribution in [0.1, 0.15) is 18.6 Å². The zero-order chi connectivity index (χ0) is 13.0. The van der Waals surface area contributed by atoms with E-state index in [9.17, 15) is 9.90 Å². The van der Waals surface area contributed by atoms with Gasteiger partial charge in [-0.25, -0.2) is 4.79 Å². The minimum Gasteiger partial charge on any atom is -0.464 e. The van der Waals surface area contributed by atoms with Gasteiger partial charge in [-0.15, -0.1) is 0 Å². The normalized spacial score (nSPS) is 12.1. The summed E-state index contributed by atoms with van der Waals surface area (Å²) < 4.78 is 4.79. The predicted molar refractivity (Wildman–Crippen MR) is 63.0 cm³/mol. The van der Waals surface area contributed by atoms with E-state index in [2.05, 4.69) is 10.2 Å². The molecule has 0 aliphatic rings. The molecule has 0 amide bonds. The molecule has 0 aliphatic carbocycles. The zero-order valence-electron chi connectivity index (χ0n) is 9.85. The van der Waals surface area contributed by atoms with Crippen LogP contribution in [0.2, 0.25) is 0 Å². The third kappa shape index (κ3) is 2.38. The number of nitrogens with zero attached hydrogens (tertiary/aromatic N) is 3. The Balaban J connectivity index is 2.36. The van der Waals surface area contributed by atoms with E-state index in [-0.39, 0.29) is 6.61 Å². The quantitative estimate of drug-likeness (QED) is 0.811. The SMILES string of the molecule is CCOC(=O)C(O)c1ccccc1-n1nccn1. The summed E-state index contributed by atoms with van der Waals surface area (Å²) in [5, 5.41) is 17.9. The van der Waals surface area contributed by atoms with Gasteiger partial charge in [-0.05, 0) is 13.0 Å². The third-order valence-corrected chi connectivity index (χ3v) is 2.38. The first-order valence-corrected chi connectivity index (χ1v) is 5.54. The Bertz CT molecular complexity index is 525. The molecule has 18 heavy (non-hydrogen) atoms. The van der Waals surface area contributed by atoms with Crippen molar-refractivity contribution in [3.05, 3.63) is 42.2 Å². The maximum absolute atomic E-state index is 11.5. The highest BCUT2D eigenvalue weighted by Gasteiger charge is 2.22. The van der Waals surface area contributed by atoms with Gasteiger partial charge in [0.05, 0.1) is 24.7 Å². The molecular formula is C12H13N3O3. The molecule has 0 saturated heterocycles. The van der Waals surface area contributed by atoms with E-state index in [0.29, 0.717) is 11.3 Å². The van der Waals surface area contributed by atoms with Crippen LogP contribution in [0, 0.1) is 0 Å². The predicted octanol–water partition coefficient (Wildman–Crippen LogP) is 0.864. The molecule has 0 radical (unpaired) electrons. The first-order chi connectivity index (χ1) is 8.74. The second-order valence-electron chi connectivity index (χ2n) is 3.53. The van der Waals surface area contributed by atoms with Gasteiger partial charge in [0.15, 0.2) is 6.10 Å². The summed E-state index contributed by atoms with van der Waals surface area (Å²) in [5.74, 6) is -0.683. The highest BCUT2D eigenvalue weighted by molar-refractivity contribution is 5.77. The van der Waals surface area contributed by atoms with Crippen LogP contribution in [-0.2, 0) is 9.53 Å². The average molecular weight is 247 g/mol. The molecule has 1 aromatic carbocycles. The van der Waals surface area contributed by atoms with Crippen molar-refractivity contribution in [3.63, 3.8) is 0 Å². The van der Waals surface area contributed by atoms with Crippen LogP contribution in [0.4, 0.5) is 0 Å². The van der Waals surface area contributed by atoms with Crippen molar-refractivity contribution in [2.24, 2.45) is 0 Å². The summed E-state index contributed by atoms with van der Waals surface area (Å²) >= 11 is 0. The molecule has 1 aromatic heterocycles. The number of ether oxygens (including phenoxy) is 1. The number of aliphatic hydroxyl groups excluding tert-OH is 1. The number of para-hydroxylation sites is 1. The summed E-state index contributed by atoms with van der Waals surface area (Å²) in [6.07, 6.45) is 1.70. The topological polar surface area (TPSA) is 77.2 Å². The number of hydrogen-bond donors (Lipinski definition) is 1. The molecule has 6 nitrogen and oxygen atoms in total. The molecule has 1 heterocycles. The molecule has 1 N–H and O–H groups in total. The number of rotatable bonds is 4. The molecule has 1 atom stereocenters. The lowest BCUT2D eigenvalue weighted by atomic mass is 10.1.